The van der Waals surface area contributed by atoms with Gasteiger partial charge in [0.25, 0.3) is 0 Å². The third-order valence-electron chi connectivity index (χ3n) is 1.40. The Labute approximate surface area is 76.7 Å². The molecule has 1 unspecified atom stereocenters. The van der Waals surface area contributed by atoms with E-state index in [0.717, 1.165) is 0 Å². The van der Waals surface area contributed by atoms with E-state index in [2.05, 4.69) is 0 Å². The number of hydrogen-bond donors (Lipinski definition) is 0. The summed E-state index contributed by atoms with van der Waals surface area (Å²) >= 11 is 5.80. The first kappa shape index (κ1) is 9.36. The highest BCUT2D eigenvalue weighted by molar-refractivity contribution is 6.32. The molecule has 0 N–H and O–H groups in total. The summed E-state index contributed by atoms with van der Waals surface area (Å²) in [6, 6.07) is 7.11. The highest BCUT2D eigenvalue weighted by atomic mass is 35.5. The Balaban J connectivity index is 2.69. The van der Waals surface area contributed by atoms with Crippen molar-refractivity contribution in [3.05, 3.63) is 29.3 Å². The molecule has 0 bridgehead atoms. The quantitative estimate of drug-likeness (QED) is 0.712. The molecule has 0 saturated heterocycles. The van der Waals surface area contributed by atoms with Crippen LogP contribution in [0.5, 0.6) is 5.75 Å². The third-order valence-corrected chi connectivity index (χ3v) is 1.71. The molecule has 1 aromatic carbocycles. The summed E-state index contributed by atoms with van der Waals surface area (Å²) in [5, 5.41) is 10.9. The van der Waals surface area contributed by atoms with Gasteiger partial charge in [0.15, 0.2) is 0 Å². The number of hydrogen-bond acceptors (Lipinski definition) is 1. The molecule has 2 nitrogen and oxygen atoms in total. The number of halogens is 1. The first-order chi connectivity index (χ1) is 5.74. The van der Waals surface area contributed by atoms with Gasteiger partial charge >= 0.3 is 0 Å². The molecule has 0 amide bonds. The summed E-state index contributed by atoms with van der Waals surface area (Å²) in [7, 11) is 0. The summed E-state index contributed by atoms with van der Waals surface area (Å²) in [5.41, 5.74) is 0. The van der Waals surface area contributed by atoms with E-state index < -0.39 is 0 Å². The minimum absolute atomic E-state index is 0.259. The van der Waals surface area contributed by atoms with Gasteiger partial charge in [-0.15, -0.1) is 0 Å². The van der Waals surface area contributed by atoms with E-state index in [9.17, 15) is 5.11 Å². The van der Waals surface area contributed by atoms with Gasteiger partial charge in [0.05, 0.1) is 5.02 Å². The first-order valence-corrected chi connectivity index (χ1v) is 4.11. The average molecular weight is 186 g/mol. The van der Waals surface area contributed by atoms with E-state index in [4.69, 9.17) is 16.3 Å². The lowest BCUT2D eigenvalue weighted by molar-refractivity contribution is 0.0829. The largest absolute Gasteiger partial charge is 0.487 e. The second kappa shape index (κ2) is 4.33. The van der Waals surface area contributed by atoms with Crippen molar-refractivity contribution in [2.45, 2.75) is 13.0 Å². The predicted octanol–water partition coefficient (Wildman–Crippen LogP) is 2.54. The lowest BCUT2D eigenvalue weighted by Gasteiger charge is -2.11. The van der Waals surface area contributed by atoms with Crippen LogP contribution in [0.25, 0.3) is 0 Å². The standard InChI is InChI=1S/C9H10ClO2/c1-7(6-11)12-9-5-3-2-4-8(9)10/h2-5,7H,6H2,1H3. The molecular weight excluding hydrogens is 176 g/mol. The molecular formula is C9H10ClO2. The van der Waals surface area contributed by atoms with Gasteiger partial charge in [-0.2, -0.15) is 0 Å². The monoisotopic (exact) mass is 185 g/mol. The van der Waals surface area contributed by atoms with E-state index >= 15 is 0 Å². The van der Waals surface area contributed by atoms with Crippen LogP contribution in [0.3, 0.4) is 0 Å². The third kappa shape index (κ3) is 2.40. The average Bonchev–Trinajstić information content (AvgIpc) is 2.09. The molecule has 0 aliphatic carbocycles. The van der Waals surface area contributed by atoms with E-state index in [-0.39, 0.29) is 12.7 Å². The van der Waals surface area contributed by atoms with Crippen molar-refractivity contribution in [3.8, 4) is 5.75 Å². The fourth-order valence-corrected chi connectivity index (χ4v) is 0.971. The molecule has 0 aliphatic rings. The number of benzene rings is 1. The second-order valence-electron chi connectivity index (χ2n) is 2.53. The molecule has 12 heavy (non-hydrogen) atoms. The summed E-state index contributed by atoms with van der Waals surface area (Å²) in [6.07, 6.45) is -0.329. The van der Waals surface area contributed by atoms with Crippen LogP contribution in [0.15, 0.2) is 24.3 Å². The van der Waals surface area contributed by atoms with Gasteiger partial charge in [0, 0.05) is 0 Å². The van der Waals surface area contributed by atoms with Crippen LogP contribution in [0.4, 0.5) is 0 Å². The van der Waals surface area contributed by atoms with E-state index in [1.54, 1.807) is 19.1 Å². The number of para-hydroxylation sites is 1. The number of rotatable bonds is 3. The van der Waals surface area contributed by atoms with Crippen LogP contribution in [0, 0.1) is 0 Å². The van der Waals surface area contributed by atoms with Crippen molar-refractivity contribution < 1.29 is 9.84 Å². The summed E-state index contributed by atoms with van der Waals surface area (Å²) < 4.78 is 5.25. The van der Waals surface area contributed by atoms with Crippen LogP contribution >= 0.6 is 11.6 Å². The van der Waals surface area contributed by atoms with Gasteiger partial charge in [-0.05, 0) is 19.1 Å². The maximum Gasteiger partial charge on any atom is 0.138 e. The Bertz CT molecular complexity index is 250. The minimum Gasteiger partial charge on any atom is -0.487 e. The highest BCUT2D eigenvalue weighted by Gasteiger charge is 2.04. The Hall–Kier alpha value is -0.730. The fraction of sp³-hybridized carbons (Fsp3) is 0.333. The topological polar surface area (TPSA) is 29.1 Å². The molecule has 0 aliphatic heterocycles. The summed E-state index contributed by atoms with van der Waals surface area (Å²) in [4.78, 5) is 0. The SMILES string of the molecule is CC(C[O])Oc1ccccc1Cl. The molecule has 0 spiro atoms. The van der Waals surface area contributed by atoms with Crippen molar-refractivity contribution in [2.24, 2.45) is 0 Å². The van der Waals surface area contributed by atoms with Crippen molar-refractivity contribution in [1.82, 2.24) is 0 Å². The second-order valence-corrected chi connectivity index (χ2v) is 2.93. The molecule has 1 atom stereocenters. The van der Waals surface area contributed by atoms with Gasteiger partial charge in [-0.1, -0.05) is 23.7 Å². The summed E-state index contributed by atoms with van der Waals surface area (Å²) in [5.74, 6) is 0.572. The maximum atomic E-state index is 10.4. The van der Waals surface area contributed by atoms with Gasteiger partial charge in [0.1, 0.15) is 18.5 Å². The summed E-state index contributed by atoms with van der Waals surface area (Å²) in [6.45, 7) is 1.46. The zero-order valence-corrected chi connectivity index (χ0v) is 7.54. The van der Waals surface area contributed by atoms with Gasteiger partial charge < -0.3 is 4.74 Å². The van der Waals surface area contributed by atoms with Gasteiger partial charge in [0.2, 0.25) is 0 Å². The maximum absolute atomic E-state index is 10.4. The van der Waals surface area contributed by atoms with E-state index in [1.165, 1.54) is 0 Å². The Morgan fingerprint density at radius 1 is 1.50 bits per heavy atom. The smallest absolute Gasteiger partial charge is 0.138 e. The van der Waals surface area contributed by atoms with Crippen LogP contribution in [0.1, 0.15) is 6.92 Å². The highest BCUT2D eigenvalue weighted by Crippen LogP contribution is 2.23. The first-order valence-electron chi connectivity index (χ1n) is 3.73. The molecule has 65 valence electrons. The zero-order chi connectivity index (χ0) is 8.97. The lowest BCUT2D eigenvalue weighted by Crippen LogP contribution is -2.15. The van der Waals surface area contributed by atoms with Crippen LogP contribution in [-0.2, 0) is 5.11 Å². The van der Waals surface area contributed by atoms with Gasteiger partial charge in [-0.3, -0.25) is 0 Å². The van der Waals surface area contributed by atoms with Gasteiger partial charge in [-0.25, -0.2) is 5.11 Å². The van der Waals surface area contributed by atoms with Crippen molar-refractivity contribution in [1.29, 1.82) is 0 Å². The Kier molecular flexibility index (Phi) is 3.38. The molecule has 0 fully saturated rings. The Morgan fingerprint density at radius 3 is 2.75 bits per heavy atom. The van der Waals surface area contributed by atoms with E-state index in [1.807, 2.05) is 12.1 Å². The molecule has 1 rings (SSSR count). The van der Waals surface area contributed by atoms with E-state index in [0.29, 0.717) is 10.8 Å². The Morgan fingerprint density at radius 2 is 2.17 bits per heavy atom. The van der Waals surface area contributed by atoms with Crippen LogP contribution < -0.4 is 4.74 Å². The zero-order valence-electron chi connectivity index (χ0n) is 6.79. The molecule has 0 heterocycles. The molecule has 1 radical (unpaired) electrons. The number of ether oxygens (including phenoxy) is 1. The molecule has 0 aromatic heterocycles. The van der Waals surface area contributed by atoms with Crippen molar-refractivity contribution >= 4 is 11.6 Å². The predicted molar refractivity (Wildman–Crippen MR) is 47.1 cm³/mol. The van der Waals surface area contributed by atoms with Crippen molar-refractivity contribution in [3.63, 3.8) is 0 Å². The minimum atomic E-state index is -0.329. The normalized spacial score (nSPS) is 12.6. The van der Waals surface area contributed by atoms with Crippen LogP contribution in [0.2, 0.25) is 5.02 Å². The van der Waals surface area contributed by atoms with Crippen molar-refractivity contribution in [2.75, 3.05) is 6.61 Å². The fourth-order valence-electron chi connectivity index (χ4n) is 0.791. The molecule has 1 aromatic rings. The molecule has 0 saturated carbocycles. The lowest BCUT2D eigenvalue weighted by atomic mass is 10.3. The molecule has 3 heteroatoms. The van der Waals surface area contributed by atoms with Crippen LogP contribution in [-0.4, -0.2) is 12.7 Å².